The Balaban J connectivity index is 2.14. The fourth-order valence-electron chi connectivity index (χ4n) is 1.75. The molecule has 0 aliphatic carbocycles. The van der Waals surface area contributed by atoms with Crippen molar-refractivity contribution in [3.8, 4) is 11.6 Å². The molecule has 0 spiro atoms. The highest BCUT2D eigenvalue weighted by atomic mass is 79.9. The number of ether oxygens (including phenoxy) is 1. The van der Waals surface area contributed by atoms with E-state index in [-0.39, 0.29) is 5.82 Å². The first-order valence-electron chi connectivity index (χ1n) is 6.39. The minimum absolute atomic E-state index is 0.317. The number of aryl methyl sites for hydroxylation is 1. The van der Waals surface area contributed by atoms with Crippen LogP contribution in [0.15, 0.2) is 34.9 Å². The number of hydrogen-bond acceptors (Lipinski definition) is 3. The van der Waals surface area contributed by atoms with Crippen LogP contribution in [0, 0.1) is 12.7 Å². The third-order valence-electron chi connectivity index (χ3n) is 2.77. The molecule has 0 saturated heterocycles. The molecular formula is C15H16BrFN2O. The van der Waals surface area contributed by atoms with E-state index in [0.717, 1.165) is 24.2 Å². The van der Waals surface area contributed by atoms with E-state index in [1.807, 2.05) is 13.0 Å². The maximum Gasteiger partial charge on any atom is 0.222 e. The summed E-state index contributed by atoms with van der Waals surface area (Å²) in [6.45, 7) is 5.70. The van der Waals surface area contributed by atoms with Gasteiger partial charge in [0, 0.05) is 18.3 Å². The average molecular weight is 339 g/mol. The summed E-state index contributed by atoms with van der Waals surface area (Å²) in [6, 6.07) is 6.55. The van der Waals surface area contributed by atoms with Gasteiger partial charge in [0.25, 0.3) is 0 Å². The molecule has 3 nitrogen and oxygen atoms in total. The number of rotatable bonds is 5. The molecule has 5 heteroatoms. The van der Waals surface area contributed by atoms with Crippen LogP contribution in [0.2, 0.25) is 0 Å². The topological polar surface area (TPSA) is 34.2 Å². The lowest BCUT2D eigenvalue weighted by Gasteiger charge is -2.10. The van der Waals surface area contributed by atoms with E-state index in [2.05, 4.69) is 33.2 Å². The van der Waals surface area contributed by atoms with Gasteiger partial charge in [-0.2, -0.15) is 0 Å². The zero-order chi connectivity index (χ0) is 14.5. The minimum atomic E-state index is -0.317. The van der Waals surface area contributed by atoms with E-state index in [0.29, 0.717) is 16.1 Å². The largest absolute Gasteiger partial charge is 0.439 e. The molecule has 1 heterocycles. The molecule has 1 aromatic carbocycles. The van der Waals surface area contributed by atoms with Gasteiger partial charge < -0.3 is 10.1 Å². The lowest BCUT2D eigenvalue weighted by Crippen LogP contribution is -2.12. The molecule has 2 aromatic rings. The molecule has 0 fully saturated rings. The molecule has 2 rings (SSSR count). The van der Waals surface area contributed by atoms with Gasteiger partial charge in [0.2, 0.25) is 5.88 Å². The van der Waals surface area contributed by atoms with Crippen LogP contribution in [0.3, 0.4) is 0 Å². The third-order valence-corrected chi connectivity index (χ3v) is 3.38. The fourth-order valence-corrected chi connectivity index (χ4v) is 2.10. The van der Waals surface area contributed by atoms with Crippen LogP contribution in [0.4, 0.5) is 4.39 Å². The molecule has 0 aliphatic rings. The van der Waals surface area contributed by atoms with Crippen molar-refractivity contribution in [2.75, 3.05) is 6.54 Å². The summed E-state index contributed by atoms with van der Waals surface area (Å²) in [7, 11) is 0. The predicted octanol–water partition coefficient (Wildman–Crippen LogP) is 4.19. The molecule has 0 unspecified atom stereocenters. The maximum absolute atomic E-state index is 13.2. The number of nitrogens with zero attached hydrogens (tertiary/aromatic N) is 1. The van der Waals surface area contributed by atoms with Crippen LogP contribution in [0.1, 0.15) is 18.1 Å². The SMILES string of the molecule is CCNCc1cnc(Oc2ccc(F)c(Br)c2)c(C)c1. The van der Waals surface area contributed by atoms with E-state index < -0.39 is 0 Å². The Morgan fingerprint density at radius 1 is 1.35 bits per heavy atom. The fraction of sp³-hybridized carbons (Fsp3) is 0.267. The normalized spacial score (nSPS) is 10.6. The number of pyridine rings is 1. The molecule has 106 valence electrons. The van der Waals surface area contributed by atoms with Crippen LogP contribution < -0.4 is 10.1 Å². The zero-order valence-corrected chi connectivity index (χ0v) is 13.0. The summed E-state index contributed by atoms with van der Waals surface area (Å²) < 4.78 is 19.2. The first kappa shape index (κ1) is 14.9. The zero-order valence-electron chi connectivity index (χ0n) is 11.4. The summed E-state index contributed by atoms with van der Waals surface area (Å²) in [5.41, 5.74) is 2.05. The molecular weight excluding hydrogens is 323 g/mol. The van der Waals surface area contributed by atoms with E-state index in [1.165, 1.54) is 6.07 Å². The lowest BCUT2D eigenvalue weighted by molar-refractivity contribution is 0.456. The maximum atomic E-state index is 13.2. The third kappa shape index (κ3) is 3.77. The highest BCUT2D eigenvalue weighted by Gasteiger charge is 2.07. The van der Waals surface area contributed by atoms with Crippen molar-refractivity contribution < 1.29 is 9.13 Å². The molecule has 0 atom stereocenters. The van der Waals surface area contributed by atoms with Crippen molar-refractivity contribution in [2.24, 2.45) is 0 Å². The van der Waals surface area contributed by atoms with Crippen molar-refractivity contribution in [1.29, 1.82) is 0 Å². The Morgan fingerprint density at radius 3 is 2.80 bits per heavy atom. The van der Waals surface area contributed by atoms with Gasteiger partial charge in [0.15, 0.2) is 0 Å². The van der Waals surface area contributed by atoms with Crippen molar-refractivity contribution >= 4 is 15.9 Å². The summed E-state index contributed by atoms with van der Waals surface area (Å²) in [5, 5.41) is 3.25. The predicted molar refractivity (Wildman–Crippen MR) is 80.5 cm³/mol. The molecule has 0 aliphatic heterocycles. The molecule has 0 saturated carbocycles. The average Bonchev–Trinajstić information content (AvgIpc) is 2.43. The molecule has 0 amide bonds. The smallest absolute Gasteiger partial charge is 0.222 e. The number of benzene rings is 1. The summed E-state index contributed by atoms with van der Waals surface area (Å²) >= 11 is 3.13. The van der Waals surface area contributed by atoms with Crippen LogP contribution in [0.25, 0.3) is 0 Å². The van der Waals surface area contributed by atoms with Crippen LogP contribution in [-0.2, 0) is 6.54 Å². The van der Waals surface area contributed by atoms with Gasteiger partial charge >= 0.3 is 0 Å². The van der Waals surface area contributed by atoms with Crippen molar-refractivity contribution in [3.05, 3.63) is 51.9 Å². The first-order chi connectivity index (χ1) is 9.60. The van der Waals surface area contributed by atoms with Gasteiger partial charge in [-0.1, -0.05) is 6.92 Å². The highest BCUT2D eigenvalue weighted by molar-refractivity contribution is 9.10. The monoisotopic (exact) mass is 338 g/mol. The Hall–Kier alpha value is -1.46. The van der Waals surface area contributed by atoms with Gasteiger partial charge in [0.05, 0.1) is 4.47 Å². The second-order valence-electron chi connectivity index (χ2n) is 4.42. The minimum Gasteiger partial charge on any atom is -0.439 e. The number of hydrogen-bond donors (Lipinski definition) is 1. The number of halogens is 2. The van der Waals surface area contributed by atoms with E-state index in [4.69, 9.17) is 4.74 Å². The second kappa shape index (κ2) is 6.81. The first-order valence-corrected chi connectivity index (χ1v) is 7.18. The summed E-state index contributed by atoms with van der Waals surface area (Å²) in [5.74, 6) is 0.764. The van der Waals surface area contributed by atoms with E-state index in [9.17, 15) is 4.39 Å². The summed E-state index contributed by atoms with van der Waals surface area (Å²) in [4.78, 5) is 4.31. The van der Waals surface area contributed by atoms with Crippen LogP contribution in [0.5, 0.6) is 11.6 Å². The highest BCUT2D eigenvalue weighted by Crippen LogP contribution is 2.27. The Morgan fingerprint density at radius 2 is 2.15 bits per heavy atom. The molecule has 20 heavy (non-hydrogen) atoms. The van der Waals surface area contributed by atoms with Crippen LogP contribution in [-0.4, -0.2) is 11.5 Å². The molecule has 0 radical (unpaired) electrons. The Labute approximate surface area is 126 Å². The molecule has 1 aromatic heterocycles. The summed E-state index contributed by atoms with van der Waals surface area (Å²) in [6.07, 6.45) is 1.78. The quantitative estimate of drug-likeness (QED) is 0.887. The lowest BCUT2D eigenvalue weighted by atomic mass is 10.2. The van der Waals surface area contributed by atoms with Crippen LogP contribution >= 0.6 is 15.9 Å². The van der Waals surface area contributed by atoms with Gasteiger partial charge in [-0.15, -0.1) is 0 Å². The van der Waals surface area contributed by atoms with E-state index >= 15 is 0 Å². The van der Waals surface area contributed by atoms with Crippen molar-refractivity contribution in [1.82, 2.24) is 10.3 Å². The van der Waals surface area contributed by atoms with Crippen molar-refractivity contribution in [2.45, 2.75) is 20.4 Å². The van der Waals surface area contributed by atoms with Gasteiger partial charge in [-0.05, 0) is 59.2 Å². The van der Waals surface area contributed by atoms with E-state index in [1.54, 1.807) is 18.3 Å². The number of aromatic nitrogens is 1. The second-order valence-corrected chi connectivity index (χ2v) is 5.28. The van der Waals surface area contributed by atoms with Gasteiger partial charge in [-0.3, -0.25) is 0 Å². The number of nitrogens with one attached hydrogen (secondary N) is 1. The van der Waals surface area contributed by atoms with Gasteiger partial charge in [-0.25, -0.2) is 9.37 Å². The molecule has 1 N–H and O–H groups in total. The Kier molecular flexibility index (Phi) is 5.09. The standard InChI is InChI=1S/C15H16BrFN2O/c1-3-18-8-11-6-10(2)15(19-9-11)20-12-4-5-14(17)13(16)7-12/h4-7,9,18H,3,8H2,1-2H3. The van der Waals surface area contributed by atoms with Gasteiger partial charge in [0.1, 0.15) is 11.6 Å². The molecule has 0 bridgehead atoms. The Bertz CT molecular complexity index is 604. The van der Waals surface area contributed by atoms with Crippen molar-refractivity contribution in [3.63, 3.8) is 0 Å².